The van der Waals surface area contributed by atoms with E-state index in [0.717, 1.165) is 44.1 Å². The van der Waals surface area contributed by atoms with Gasteiger partial charge in [0.1, 0.15) is 6.26 Å². The monoisotopic (exact) mass is 224 g/mol. The van der Waals surface area contributed by atoms with E-state index in [1.165, 1.54) is 0 Å². The van der Waals surface area contributed by atoms with Crippen molar-refractivity contribution in [1.82, 2.24) is 10.3 Å². The number of aromatic nitrogens is 1. The Balaban J connectivity index is 1.86. The smallest absolute Gasteiger partial charge is 0.194 e. The highest BCUT2D eigenvalue weighted by molar-refractivity contribution is 4.99. The number of hydrogen-bond donors (Lipinski definition) is 1. The predicted molar refractivity (Wildman–Crippen MR) is 61.4 cm³/mol. The molecule has 0 bridgehead atoms. The molecule has 2 atom stereocenters. The molecule has 1 aromatic rings. The molecule has 1 saturated heterocycles. The molecule has 0 aromatic carbocycles. The third-order valence-corrected chi connectivity index (χ3v) is 3.09. The van der Waals surface area contributed by atoms with Crippen LogP contribution in [0.25, 0.3) is 0 Å². The van der Waals surface area contributed by atoms with E-state index in [9.17, 15) is 0 Å². The lowest BCUT2D eigenvalue weighted by atomic mass is 10.1. The van der Waals surface area contributed by atoms with Crippen LogP contribution in [0.1, 0.15) is 24.9 Å². The summed E-state index contributed by atoms with van der Waals surface area (Å²) in [5.41, 5.74) is 1.04. The summed E-state index contributed by atoms with van der Waals surface area (Å²) in [6.07, 6.45) is 4.73. The SMILES string of the molecule is CNC(C)Cc1coc(CC2CCOC2)n1. The van der Waals surface area contributed by atoms with E-state index in [4.69, 9.17) is 9.15 Å². The van der Waals surface area contributed by atoms with Crippen LogP contribution >= 0.6 is 0 Å². The summed E-state index contributed by atoms with van der Waals surface area (Å²) in [5, 5.41) is 3.19. The summed E-state index contributed by atoms with van der Waals surface area (Å²) in [4.78, 5) is 4.50. The molecule has 16 heavy (non-hydrogen) atoms. The molecule has 2 unspecified atom stereocenters. The third-order valence-electron chi connectivity index (χ3n) is 3.09. The van der Waals surface area contributed by atoms with Crippen molar-refractivity contribution in [2.45, 2.75) is 32.2 Å². The van der Waals surface area contributed by atoms with Crippen LogP contribution in [0.4, 0.5) is 0 Å². The van der Waals surface area contributed by atoms with Gasteiger partial charge in [-0.25, -0.2) is 4.98 Å². The Morgan fingerprint density at radius 3 is 3.19 bits per heavy atom. The molecule has 1 aliphatic heterocycles. The van der Waals surface area contributed by atoms with Gasteiger partial charge in [0.25, 0.3) is 0 Å². The summed E-state index contributed by atoms with van der Waals surface area (Å²) in [7, 11) is 1.96. The van der Waals surface area contributed by atoms with E-state index in [1.807, 2.05) is 7.05 Å². The van der Waals surface area contributed by atoms with E-state index in [0.29, 0.717) is 12.0 Å². The fourth-order valence-corrected chi connectivity index (χ4v) is 1.94. The van der Waals surface area contributed by atoms with Gasteiger partial charge in [-0.3, -0.25) is 0 Å². The van der Waals surface area contributed by atoms with Crippen LogP contribution in [0.2, 0.25) is 0 Å². The van der Waals surface area contributed by atoms with Crippen LogP contribution in [-0.2, 0) is 17.6 Å². The van der Waals surface area contributed by atoms with Crippen LogP contribution in [0, 0.1) is 5.92 Å². The molecule has 2 heterocycles. The highest BCUT2D eigenvalue weighted by Crippen LogP contribution is 2.18. The van der Waals surface area contributed by atoms with Gasteiger partial charge in [-0.2, -0.15) is 0 Å². The van der Waals surface area contributed by atoms with Crippen LogP contribution in [-0.4, -0.2) is 31.3 Å². The largest absolute Gasteiger partial charge is 0.449 e. The first-order valence-corrected chi connectivity index (χ1v) is 5.96. The second kappa shape index (κ2) is 5.46. The fraction of sp³-hybridized carbons (Fsp3) is 0.750. The Kier molecular flexibility index (Phi) is 3.96. The summed E-state index contributed by atoms with van der Waals surface area (Å²) < 4.78 is 10.8. The van der Waals surface area contributed by atoms with Crippen molar-refractivity contribution in [2.24, 2.45) is 5.92 Å². The summed E-state index contributed by atoms with van der Waals surface area (Å²) in [6, 6.07) is 0.438. The molecular formula is C12H20N2O2. The standard InChI is InChI=1S/C12H20N2O2/c1-9(13-2)5-11-8-16-12(14-11)6-10-3-4-15-7-10/h8-10,13H,3-7H2,1-2H3. The molecule has 0 spiro atoms. The normalized spacial score (nSPS) is 22.5. The number of ether oxygens (including phenoxy) is 1. The molecule has 0 aliphatic carbocycles. The zero-order valence-corrected chi connectivity index (χ0v) is 10.0. The Labute approximate surface area is 96.4 Å². The maximum atomic E-state index is 5.48. The minimum Gasteiger partial charge on any atom is -0.449 e. The topological polar surface area (TPSA) is 47.3 Å². The number of hydrogen-bond acceptors (Lipinski definition) is 4. The van der Waals surface area contributed by atoms with Crippen molar-refractivity contribution >= 4 is 0 Å². The Bertz CT molecular complexity index is 319. The molecule has 4 heteroatoms. The first-order valence-electron chi connectivity index (χ1n) is 5.96. The van der Waals surface area contributed by atoms with Gasteiger partial charge in [0, 0.05) is 32.1 Å². The quantitative estimate of drug-likeness (QED) is 0.821. The lowest BCUT2D eigenvalue weighted by Crippen LogP contribution is -2.23. The first kappa shape index (κ1) is 11.6. The van der Waals surface area contributed by atoms with Gasteiger partial charge in [0.15, 0.2) is 5.89 Å². The van der Waals surface area contributed by atoms with Crippen molar-refractivity contribution in [3.63, 3.8) is 0 Å². The van der Waals surface area contributed by atoms with Gasteiger partial charge in [0.05, 0.1) is 5.69 Å². The summed E-state index contributed by atoms with van der Waals surface area (Å²) in [6.45, 7) is 3.87. The van der Waals surface area contributed by atoms with E-state index in [-0.39, 0.29) is 0 Å². The van der Waals surface area contributed by atoms with Gasteiger partial charge < -0.3 is 14.5 Å². The Hall–Kier alpha value is -0.870. The van der Waals surface area contributed by atoms with Crippen molar-refractivity contribution in [1.29, 1.82) is 0 Å². The summed E-state index contributed by atoms with van der Waals surface area (Å²) >= 11 is 0. The Morgan fingerprint density at radius 1 is 1.62 bits per heavy atom. The van der Waals surface area contributed by atoms with Crippen molar-refractivity contribution in [2.75, 3.05) is 20.3 Å². The number of oxazole rings is 1. The van der Waals surface area contributed by atoms with Gasteiger partial charge in [-0.05, 0) is 26.3 Å². The molecule has 0 radical (unpaired) electrons. The molecule has 90 valence electrons. The minimum atomic E-state index is 0.438. The van der Waals surface area contributed by atoms with Gasteiger partial charge >= 0.3 is 0 Å². The molecule has 1 fully saturated rings. The minimum absolute atomic E-state index is 0.438. The number of rotatable bonds is 5. The predicted octanol–water partition coefficient (Wildman–Crippen LogP) is 1.40. The van der Waals surface area contributed by atoms with Crippen LogP contribution in [0.5, 0.6) is 0 Å². The van der Waals surface area contributed by atoms with Gasteiger partial charge in [0.2, 0.25) is 0 Å². The number of nitrogens with zero attached hydrogens (tertiary/aromatic N) is 1. The maximum Gasteiger partial charge on any atom is 0.194 e. The third kappa shape index (κ3) is 3.06. The fourth-order valence-electron chi connectivity index (χ4n) is 1.94. The lowest BCUT2D eigenvalue weighted by Gasteiger charge is -2.06. The van der Waals surface area contributed by atoms with E-state index in [1.54, 1.807) is 6.26 Å². The number of nitrogens with one attached hydrogen (secondary N) is 1. The van der Waals surface area contributed by atoms with Crippen molar-refractivity contribution < 1.29 is 9.15 Å². The second-order valence-electron chi connectivity index (χ2n) is 4.56. The molecule has 2 rings (SSSR count). The van der Waals surface area contributed by atoms with Crippen molar-refractivity contribution in [3.8, 4) is 0 Å². The second-order valence-corrected chi connectivity index (χ2v) is 4.56. The van der Waals surface area contributed by atoms with Crippen LogP contribution < -0.4 is 5.32 Å². The van der Waals surface area contributed by atoms with Crippen molar-refractivity contribution in [3.05, 3.63) is 17.8 Å². The zero-order chi connectivity index (χ0) is 11.4. The summed E-state index contributed by atoms with van der Waals surface area (Å²) in [5.74, 6) is 1.45. The highest BCUT2D eigenvalue weighted by atomic mass is 16.5. The zero-order valence-electron chi connectivity index (χ0n) is 10.0. The van der Waals surface area contributed by atoms with Gasteiger partial charge in [-0.15, -0.1) is 0 Å². The average Bonchev–Trinajstić information content (AvgIpc) is 2.91. The average molecular weight is 224 g/mol. The Morgan fingerprint density at radius 2 is 2.50 bits per heavy atom. The number of likely N-dealkylation sites (N-methyl/N-ethyl adjacent to an activating group) is 1. The lowest BCUT2D eigenvalue weighted by molar-refractivity contribution is 0.184. The maximum absolute atomic E-state index is 5.48. The molecule has 1 aliphatic rings. The first-order chi connectivity index (χ1) is 7.78. The van der Waals surface area contributed by atoms with Crippen LogP contribution in [0.3, 0.4) is 0 Å². The van der Waals surface area contributed by atoms with E-state index >= 15 is 0 Å². The van der Waals surface area contributed by atoms with E-state index in [2.05, 4.69) is 17.2 Å². The molecule has 1 N–H and O–H groups in total. The van der Waals surface area contributed by atoms with E-state index < -0.39 is 0 Å². The van der Waals surface area contributed by atoms with Crippen LogP contribution in [0.15, 0.2) is 10.7 Å². The molecule has 1 aromatic heterocycles. The molecule has 4 nitrogen and oxygen atoms in total. The molecular weight excluding hydrogens is 204 g/mol. The van der Waals surface area contributed by atoms with Gasteiger partial charge in [-0.1, -0.05) is 0 Å². The molecule has 0 saturated carbocycles. The molecule has 0 amide bonds. The highest BCUT2D eigenvalue weighted by Gasteiger charge is 2.18.